The average Bonchev–Trinajstić information content (AvgIpc) is 3.34. The standard InChI is InChI=1S/C25H23N3O3/c29-16-18-9-7-17(8-10-18)14-22(30)28-13-11-25(23(28)19-4-3-12-26-15-19)20-5-1-2-6-21(20)27-24(25)31/h1-10,12,15,23,29H,11,13-14,16H2,(H,27,31). The maximum Gasteiger partial charge on any atom is 0.237 e. The van der Waals surface area contributed by atoms with Crippen LogP contribution < -0.4 is 5.32 Å². The summed E-state index contributed by atoms with van der Waals surface area (Å²) >= 11 is 0. The van der Waals surface area contributed by atoms with Crippen LogP contribution in [0.2, 0.25) is 0 Å². The van der Waals surface area contributed by atoms with Gasteiger partial charge in [-0.2, -0.15) is 0 Å². The second-order valence-corrected chi connectivity index (χ2v) is 8.15. The highest BCUT2D eigenvalue weighted by atomic mass is 16.3. The van der Waals surface area contributed by atoms with E-state index in [0.717, 1.165) is 27.9 Å². The quantitative estimate of drug-likeness (QED) is 0.689. The number of benzene rings is 2. The summed E-state index contributed by atoms with van der Waals surface area (Å²) in [6.45, 7) is 0.468. The largest absolute Gasteiger partial charge is 0.392 e. The molecule has 2 aliphatic heterocycles. The molecule has 6 nitrogen and oxygen atoms in total. The Hall–Kier alpha value is -3.51. The van der Waals surface area contributed by atoms with E-state index in [4.69, 9.17) is 0 Å². The van der Waals surface area contributed by atoms with Crippen molar-refractivity contribution in [1.29, 1.82) is 0 Å². The van der Waals surface area contributed by atoms with Crippen molar-refractivity contribution in [3.05, 3.63) is 95.3 Å². The molecule has 2 unspecified atom stereocenters. The summed E-state index contributed by atoms with van der Waals surface area (Å²) in [7, 11) is 0. The number of likely N-dealkylation sites (tertiary alicyclic amines) is 1. The van der Waals surface area contributed by atoms with Crippen LogP contribution in [0.3, 0.4) is 0 Å². The molecule has 156 valence electrons. The van der Waals surface area contributed by atoms with E-state index in [2.05, 4.69) is 10.3 Å². The summed E-state index contributed by atoms with van der Waals surface area (Å²) < 4.78 is 0. The van der Waals surface area contributed by atoms with Gasteiger partial charge >= 0.3 is 0 Å². The lowest BCUT2D eigenvalue weighted by Crippen LogP contribution is -2.43. The van der Waals surface area contributed by atoms with Gasteiger partial charge in [-0.05, 0) is 40.8 Å². The fourth-order valence-corrected chi connectivity index (χ4v) is 5.00. The van der Waals surface area contributed by atoms with Gasteiger partial charge in [0.15, 0.2) is 0 Å². The number of nitrogens with zero attached hydrogens (tertiary/aromatic N) is 2. The maximum absolute atomic E-state index is 13.4. The Morgan fingerprint density at radius 2 is 1.87 bits per heavy atom. The van der Waals surface area contributed by atoms with E-state index in [1.165, 1.54) is 0 Å². The molecule has 2 amide bonds. The third kappa shape index (κ3) is 3.11. The number of pyridine rings is 1. The Kier molecular flexibility index (Phi) is 4.79. The first-order valence-electron chi connectivity index (χ1n) is 10.4. The first-order valence-corrected chi connectivity index (χ1v) is 10.4. The van der Waals surface area contributed by atoms with Crippen molar-refractivity contribution in [3.63, 3.8) is 0 Å². The van der Waals surface area contributed by atoms with Gasteiger partial charge in [-0.25, -0.2) is 0 Å². The molecule has 0 bridgehead atoms. The van der Waals surface area contributed by atoms with Crippen LogP contribution in [-0.4, -0.2) is 33.3 Å². The molecule has 0 aliphatic carbocycles. The molecule has 1 fully saturated rings. The number of hydrogen-bond acceptors (Lipinski definition) is 4. The number of amides is 2. The number of para-hydroxylation sites is 1. The zero-order chi connectivity index (χ0) is 21.4. The molecule has 6 heteroatoms. The molecule has 31 heavy (non-hydrogen) atoms. The second-order valence-electron chi connectivity index (χ2n) is 8.15. The molecule has 1 spiro atoms. The van der Waals surface area contributed by atoms with Crippen molar-refractivity contribution >= 4 is 17.5 Å². The van der Waals surface area contributed by atoms with Gasteiger partial charge in [0.1, 0.15) is 5.41 Å². The van der Waals surface area contributed by atoms with Crippen LogP contribution in [0.5, 0.6) is 0 Å². The highest BCUT2D eigenvalue weighted by molar-refractivity contribution is 6.07. The normalized spacial score (nSPS) is 21.9. The Morgan fingerprint density at radius 1 is 1.10 bits per heavy atom. The Bertz CT molecular complexity index is 1130. The monoisotopic (exact) mass is 413 g/mol. The minimum atomic E-state index is -0.823. The third-order valence-corrected chi connectivity index (χ3v) is 6.47. The molecule has 0 saturated carbocycles. The van der Waals surface area contributed by atoms with Crippen LogP contribution in [-0.2, 0) is 28.0 Å². The van der Waals surface area contributed by atoms with Crippen molar-refractivity contribution in [3.8, 4) is 0 Å². The number of anilines is 1. The van der Waals surface area contributed by atoms with Crippen molar-refractivity contribution in [1.82, 2.24) is 9.88 Å². The molecule has 3 heterocycles. The van der Waals surface area contributed by atoms with Gasteiger partial charge in [-0.1, -0.05) is 48.5 Å². The lowest BCUT2D eigenvalue weighted by atomic mass is 9.73. The maximum atomic E-state index is 13.4. The minimum absolute atomic E-state index is 0.0273. The predicted octanol–water partition coefficient (Wildman–Crippen LogP) is 2.98. The molecule has 1 saturated heterocycles. The van der Waals surface area contributed by atoms with E-state index >= 15 is 0 Å². The van der Waals surface area contributed by atoms with Gasteiger partial charge in [0, 0.05) is 24.6 Å². The zero-order valence-corrected chi connectivity index (χ0v) is 17.0. The molecule has 2 aromatic carbocycles. The first-order chi connectivity index (χ1) is 15.1. The summed E-state index contributed by atoms with van der Waals surface area (Å²) in [6.07, 6.45) is 4.25. The summed E-state index contributed by atoms with van der Waals surface area (Å²) in [5.74, 6) is -0.0928. The number of carbonyl (C=O) groups excluding carboxylic acids is 2. The number of rotatable bonds is 4. The van der Waals surface area contributed by atoms with Crippen LogP contribution in [0.4, 0.5) is 5.69 Å². The van der Waals surface area contributed by atoms with E-state index < -0.39 is 11.5 Å². The number of carbonyl (C=O) groups is 2. The van der Waals surface area contributed by atoms with Crippen molar-refractivity contribution in [2.45, 2.75) is 30.9 Å². The average molecular weight is 413 g/mol. The molecule has 3 aromatic rings. The van der Waals surface area contributed by atoms with Gasteiger partial charge in [0.05, 0.1) is 19.1 Å². The third-order valence-electron chi connectivity index (χ3n) is 6.47. The molecule has 2 atom stereocenters. The number of aromatic nitrogens is 1. The van der Waals surface area contributed by atoms with Gasteiger partial charge < -0.3 is 15.3 Å². The van der Waals surface area contributed by atoms with E-state index in [0.29, 0.717) is 13.0 Å². The molecule has 0 radical (unpaired) electrons. The van der Waals surface area contributed by atoms with Crippen LogP contribution in [0.1, 0.15) is 34.7 Å². The molecule has 1 aromatic heterocycles. The number of aliphatic hydroxyl groups excluding tert-OH is 1. The van der Waals surface area contributed by atoms with E-state index in [-0.39, 0.29) is 24.8 Å². The fourth-order valence-electron chi connectivity index (χ4n) is 5.00. The summed E-state index contributed by atoms with van der Waals surface area (Å²) in [4.78, 5) is 32.9. The Morgan fingerprint density at radius 3 is 2.61 bits per heavy atom. The summed E-state index contributed by atoms with van der Waals surface area (Å²) in [6, 6.07) is 18.5. The Labute approximate surface area is 180 Å². The van der Waals surface area contributed by atoms with Crippen molar-refractivity contribution < 1.29 is 14.7 Å². The van der Waals surface area contributed by atoms with Gasteiger partial charge in [0.25, 0.3) is 0 Å². The molecular weight excluding hydrogens is 390 g/mol. The second kappa shape index (κ2) is 7.63. The predicted molar refractivity (Wildman–Crippen MR) is 116 cm³/mol. The Balaban J connectivity index is 1.54. The van der Waals surface area contributed by atoms with Crippen LogP contribution in [0, 0.1) is 0 Å². The topological polar surface area (TPSA) is 82.5 Å². The smallest absolute Gasteiger partial charge is 0.237 e. The van der Waals surface area contributed by atoms with Crippen LogP contribution in [0.25, 0.3) is 0 Å². The highest BCUT2D eigenvalue weighted by Crippen LogP contribution is 2.54. The lowest BCUT2D eigenvalue weighted by Gasteiger charge is -2.34. The highest BCUT2D eigenvalue weighted by Gasteiger charge is 2.59. The molecule has 5 rings (SSSR count). The number of aliphatic hydroxyl groups is 1. The number of hydrogen-bond donors (Lipinski definition) is 2. The van der Waals surface area contributed by atoms with E-state index in [1.54, 1.807) is 12.4 Å². The molecule has 2 aliphatic rings. The van der Waals surface area contributed by atoms with Gasteiger partial charge in [0.2, 0.25) is 11.8 Å². The summed E-state index contributed by atoms with van der Waals surface area (Å²) in [5.41, 5.74) is 3.48. The fraction of sp³-hybridized carbons (Fsp3) is 0.240. The van der Waals surface area contributed by atoms with E-state index in [1.807, 2.05) is 65.6 Å². The molecular formula is C25H23N3O3. The SMILES string of the molecule is O=C(Cc1ccc(CO)cc1)N1CCC2(C(=O)Nc3ccccc32)C1c1cccnc1. The lowest BCUT2D eigenvalue weighted by molar-refractivity contribution is -0.132. The number of nitrogens with one attached hydrogen (secondary N) is 1. The van der Waals surface area contributed by atoms with E-state index in [9.17, 15) is 14.7 Å². The minimum Gasteiger partial charge on any atom is -0.392 e. The van der Waals surface area contributed by atoms with Gasteiger partial charge in [-0.15, -0.1) is 0 Å². The van der Waals surface area contributed by atoms with Crippen molar-refractivity contribution in [2.24, 2.45) is 0 Å². The van der Waals surface area contributed by atoms with Crippen molar-refractivity contribution in [2.75, 3.05) is 11.9 Å². The zero-order valence-electron chi connectivity index (χ0n) is 17.0. The van der Waals surface area contributed by atoms with Gasteiger partial charge in [-0.3, -0.25) is 14.6 Å². The van der Waals surface area contributed by atoms with Crippen LogP contribution in [0.15, 0.2) is 73.1 Å². The summed E-state index contributed by atoms with van der Waals surface area (Å²) in [5, 5.41) is 12.3. The first kappa shape index (κ1) is 19.5. The molecule has 2 N–H and O–H groups in total. The van der Waals surface area contributed by atoms with Crippen LogP contribution >= 0.6 is 0 Å². The number of fused-ring (bicyclic) bond motifs is 2.